The number of aromatic nitrogens is 2. The minimum absolute atomic E-state index is 0.373. The van der Waals surface area contributed by atoms with E-state index in [-0.39, 0.29) is 0 Å². The van der Waals surface area contributed by atoms with Crippen LogP contribution in [-0.2, 0) is 0 Å². The second-order valence-electron chi connectivity index (χ2n) is 4.97. The maximum Gasteiger partial charge on any atom is 0.248 e. The largest absolute Gasteiger partial charge is 0.437 e. The highest BCUT2D eigenvalue weighted by Gasteiger charge is 2.09. The monoisotopic (exact) mass is 272 g/mol. The van der Waals surface area contributed by atoms with Gasteiger partial charge in [0.1, 0.15) is 17.8 Å². The van der Waals surface area contributed by atoms with Crippen molar-refractivity contribution in [2.24, 2.45) is 5.92 Å². The number of hydrogen-bond donors (Lipinski definition) is 2. The molecule has 0 aliphatic rings. The van der Waals surface area contributed by atoms with Crippen LogP contribution in [0.4, 0.5) is 11.5 Å². The van der Waals surface area contributed by atoms with Crippen molar-refractivity contribution in [2.45, 2.75) is 20.3 Å². The minimum Gasteiger partial charge on any atom is -0.437 e. The zero-order valence-electron chi connectivity index (χ0n) is 11.8. The number of rotatable bonds is 6. The molecule has 0 radical (unpaired) electrons. The molecule has 0 atom stereocenters. The van der Waals surface area contributed by atoms with E-state index in [1.165, 1.54) is 6.33 Å². The van der Waals surface area contributed by atoms with Crippen LogP contribution in [0.2, 0.25) is 0 Å². The van der Waals surface area contributed by atoms with Crippen LogP contribution in [0.3, 0.4) is 0 Å². The smallest absolute Gasteiger partial charge is 0.248 e. The van der Waals surface area contributed by atoms with E-state index in [4.69, 9.17) is 10.5 Å². The van der Waals surface area contributed by atoms with Crippen LogP contribution in [0, 0.1) is 5.92 Å². The lowest BCUT2D eigenvalue weighted by Gasteiger charge is -2.12. The molecule has 0 bridgehead atoms. The van der Waals surface area contributed by atoms with Gasteiger partial charge in [0.25, 0.3) is 0 Å². The molecule has 0 amide bonds. The third-order valence-corrected chi connectivity index (χ3v) is 2.82. The molecule has 0 unspecified atom stereocenters. The van der Waals surface area contributed by atoms with Crippen LogP contribution in [-0.4, -0.2) is 16.5 Å². The fraction of sp³-hybridized carbons (Fsp3) is 0.333. The van der Waals surface area contributed by atoms with Gasteiger partial charge in [0.2, 0.25) is 5.88 Å². The van der Waals surface area contributed by atoms with Crippen LogP contribution in [0.25, 0.3) is 0 Å². The second kappa shape index (κ2) is 6.75. The Kier molecular flexibility index (Phi) is 4.76. The summed E-state index contributed by atoms with van der Waals surface area (Å²) in [6.45, 7) is 5.17. The Morgan fingerprint density at radius 3 is 2.65 bits per heavy atom. The predicted octanol–water partition coefficient (Wildman–Crippen LogP) is 3.31. The number of nitrogens with one attached hydrogen (secondary N) is 1. The Balaban J connectivity index is 2.07. The Bertz CT molecular complexity index is 543. The van der Waals surface area contributed by atoms with Gasteiger partial charge in [-0.05, 0) is 24.5 Å². The number of hydrogen-bond acceptors (Lipinski definition) is 5. The average molecular weight is 272 g/mol. The molecular formula is C15H20N4O. The summed E-state index contributed by atoms with van der Waals surface area (Å²) in [4.78, 5) is 8.23. The molecule has 0 spiro atoms. The van der Waals surface area contributed by atoms with Gasteiger partial charge in [0.05, 0.1) is 0 Å². The number of ether oxygens (including phenoxy) is 1. The Labute approximate surface area is 119 Å². The summed E-state index contributed by atoms with van der Waals surface area (Å²) in [7, 11) is 0. The van der Waals surface area contributed by atoms with Crippen molar-refractivity contribution < 1.29 is 4.74 Å². The first-order valence-corrected chi connectivity index (χ1v) is 6.74. The zero-order valence-corrected chi connectivity index (χ0v) is 11.8. The Morgan fingerprint density at radius 1 is 1.20 bits per heavy atom. The highest BCUT2D eigenvalue weighted by atomic mass is 16.5. The van der Waals surface area contributed by atoms with Crippen LogP contribution < -0.4 is 15.8 Å². The van der Waals surface area contributed by atoms with Gasteiger partial charge in [-0.3, -0.25) is 0 Å². The van der Waals surface area contributed by atoms with Gasteiger partial charge in [0, 0.05) is 6.54 Å². The van der Waals surface area contributed by atoms with E-state index in [0.717, 1.165) is 13.0 Å². The van der Waals surface area contributed by atoms with E-state index in [2.05, 4.69) is 29.1 Å². The van der Waals surface area contributed by atoms with Gasteiger partial charge in [-0.1, -0.05) is 32.0 Å². The van der Waals surface area contributed by atoms with Crippen molar-refractivity contribution >= 4 is 11.5 Å². The van der Waals surface area contributed by atoms with E-state index in [1.54, 1.807) is 0 Å². The van der Waals surface area contributed by atoms with Crippen LogP contribution in [0.15, 0.2) is 36.7 Å². The third-order valence-electron chi connectivity index (χ3n) is 2.82. The van der Waals surface area contributed by atoms with Crippen molar-refractivity contribution in [3.63, 3.8) is 0 Å². The molecule has 0 saturated heterocycles. The molecule has 2 rings (SSSR count). The molecule has 1 aromatic carbocycles. The lowest BCUT2D eigenvalue weighted by atomic mass is 10.1. The molecule has 106 valence electrons. The summed E-state index contributed by atoms with van der Waals surface area (Å²) in [5.74, 6) is 2.32. The number of anilines is 2. The molecule has 5 nitrogen and oxygen atoms in total. The standard InChI is InChI=1S/C15H20N4O/c1-11(2)8-9-17-14-13(16)15(19-10-18-14)20-12-6-4-3-5-7-12/h3-7,10-11H,8-9,16H2,1-2H3,(H,17,18,19). The molecular weight excluding hydrogens is 252 g/mol. The van der Waals surface area contributed by atoms with Gasteiger partial charge < -0.3 is 15.8 Å². The first kappa shape index (κ1) is 14.1. The van der Waals surface area contributed by atoms with Gasteiger partial charge in [-0.2, -0.15) is 4.98 Å². The zero-order chi connectivity index (χ0) is 14.4. The summed E-state index contributed by atoms with van der Waals surface area (Å²) in [5, 5.41) is 3.21. The molecule has 3 N–H and O–H groups in total. The summed E-state index contributed by atoms with van der Waals surface area (Å²) < 4.78 is 5.66. The number of nitrogen functional groups attached to an aromatic ring is 1. The first-order valence-electron chi connectivity index (χ1n) is 6.74. The van der Waals surface area contributed by atoms with Gasteiger partial charge >= 0.3 is 0 Å². The molecule has 2 aromatic rings. The second-order valence-corrected chi connectivity index (χ2v) is 4.97. The fourth-order valence-electron chi connectivity index (χ4n) is 1.68. The van der Waals surface area contributed by atoms with Gasteiger partial charge in [-0.15, -0.1) is 0 Å². The number of benzene rings is 1. The van der Waals surface area contributed by atoms with Crippen LogP contribution >= 0.6 is 0 Å². The maximum absolute atomic E-state index is 6.04. The summed E-state index contributed by atoms with van der Waals surface area (Å²) >= 11 is 0. The summed E-state index contributed by atoms with van der Waals surface area (Å²) in [6, 6.07) is 9.43. The summed E-state index contributed by atoms with van der Waals surface area (Å²) in [6.07, 6.45) is 2.50. The van der Waals surface area contributed by atoms with Crippen molar-refractivity contribution in [1.29, 1.82) is 0 Å². The molecule has 1 aromatic heterocycles. The lowest BCUT2D eigenvalue weighted by Crippen LogP contribution is -2.09. The van der Waals surface area contributed by atoms with Crippen molar-refractivity contribution in [1.82, 2.24) is 9.97 Å². The highest BCUT2D eigenvalue weighted by molar-refractivity contribution is 5.66. The van der Waals surface area contributed by atoms with Crippen LogP contribution in [0.1, 0.15) is 20.3 Å². The fourth-order valence-corrected chi connectivity index (χ4v) is 1.68. The Morgan fingerprint density at radius 2 is 1.95 bits per heavy atom. The van der Waals surface area contributed by atoms with Crippen LogP contribution in [0.5, 0.6) is 11.6 Å². The normalized spacial score (nSPS) is 10.6. The quantitative estimate of drug-likeness (QED) is 0.844. The number of nitrogens with zero attached hydrogens (tertiary/aromatic N) is 2. The minimum atomic E-state index is 0.373. The van der Waals surface area contributed by atoms with Gasteiger partial charge in [-0.25, -0.2) is 4.98 Å². The van der Waals surface area contributed by atoms with Crippen molar-refractivity contribution in [3.8, 4) is 11.6 Å². The number of para-hydroxylation sites is 1. The SMILES string of the molecule is CC(C)CCNc1ncnc(Oc2ccccc2)c1N. The van der Waals surface area contributed by atoms with Crippen molar-refractivity contribution in [2.75, 3.05) is 17.6 Å². The third kappa shape index (κ3) is 3.85. The Hall–Kier alpha value is -2.30. The molecule has 0 fully saturated rings. The number of nitrogens with two attached hydrogens (primary N) is 1. The van der Waals surface area contributed by atoms with E-state index in [1.807, 2.05) is 30.3 Å². The predicted molar refractivity (Wildman–Crippen MR) is 80.9 cm³/mol. The topological polar surface area (TPSA) is 73.1 Å². The van der Waals surface area contributed by atoms with Gasteiger partial charge in [0.15, 0.2) is 5.82 Å². The van der Waals surface area contributed by atoms with Crippen molar-refractivity contribution in [3.05, 3.63) is 36.7 Å². The molecule has 5 heteroatoms. The first-order chi connectivity index (χ1) is 9.66. The van der Waals surface area contributed by atoms with E-state index in [0.29, 0.717) is 29.1 Å². The maximum atomic E-state index is 6.04. The molecule has 0 saturated carbocycles. The summed E-state index contributed by atoms with van der Waals surface area (Å²) in [5.41, 5.74) is 6.47. The molecule has 1 heterocycles. The molecule has 20 heavy (non-hydrogen) atoms. The van der Waals surface area contributed by atoms with E-state index in [9.17, 15) is 0 Å². The molecule has 0 aliphatic carbocycles. The van der Waals surface area contributed by atoms with E-state index >= 15 is 0 Å². The molecule has 0 aliphatic heterocycles. The lowest BCUT2D eigenvalue weighted by molar-refractivity contribution is 0.464. The average Bonchev–Trinajstić information content (AvgIpc) is 2.44. The highest BCUT2D eigenvalue weighted by Crippen LogP contribution is 2.28. The van der Waals surface area contributed by atoms with E-state index < -0.39 is 0 Å².